The van der Waals surface area contributed by atoms with Gasteiger partial charge in [-0.3, -0.25) is 4.99 Å². The highest BCUT2D eigenvalue weighted by Gasteiger charge is 2.14. The van der Waals surface area contributed by atoms with Gasteiger partial charge in [-0.05, 0) is 30.5 Å². The molecule has 1 aromatic heterocycles. The van der Waals surface area contributed by atoms with Crippen molar-refractivity contribution in [3.8, 4) is 11.5 Å². The molecule has 148 valence electrons. The molecule has 0 spiro atoms. The summed E-state index contributed by atoms with van der Waals surface area (Å²) in [6.07, 6.45) is 2.13. The van der Waals surface area contributed by atoms with Crippen LogP contribution in [-0.2, 0) is 13.1 Å². The van der Waals surface area contributed by atoms with Crippen LogP contribution in [0.5, 0.6) is 11.5 Å². The summed E-state index contributed by atoms with van der Waals surface area (Å²) in [5.41, 5.74) is 2.11. The monoisotopic (exact) mass is 486 g/mol. The second kappa shape index (κ2) is 10.4. The highest BCUT2D eigenvalue weighted by molar-refractivity contribution is 14.0. The lowest BCUT2D eigenvalue weighted by Crippen LogP contribution is -2.36. The summed E-state index contributed by atoms with van der Waals surface area (Å²) >= 11 is 0. The normalized spacial score (nSPS) is 12.8. The van der Waals surface area contributed by atoms with E-state index in [1.807, 2.05) is 24.3 Å². The van der Waals surface area contributed by atoms with Gasteiger partial charge in [0, 0.05) is 25.6 Å². The minimum Gasteiger partial charge on any atom is -0.454 e. The van der Waals surface area contributed by atoms with Gasteiger partial charge in [0.15, 0.2) is 23.2 Å². The van der Waals surface area contributed by atoms with Gasteiger partial charge in [0.25, 0.3) is 0 Å². The van der Waals surface area contributed by atoms with Crippen LogP contribution in [0.2, 0.25) is 0 Å². The Balaban J connectivity index is 0.00000261. The van der Waals surface area contributed by atoms with Crippen molar-refractivity contribution in [2.75, 3.05) is 13.8 Å². The van der Waals surface area contributed by atoms with Gasteiger partial charge in [-0.25, -0.2) is 0 Å². The molecule has 2 N–H and O–H groups in total. The lowest BCUT2D eigenvalue weighted by molar-refractivity contribution is 0.174. The van der Waals surface area contributed by atoms with E-state index in [4.69, 9.17) is 14.0 Å². The molecule has 7 nitrogen and oxygen atoms in total. The predicted octanol–water partition coefficient (Wildman–Crippen LogP) is 3.79. The van der Waals surface area contributed by atoms with Crippen molar-refractivity contribution in [2.45, 2.75) is 45.7 Å². The SMILES string of the molecule is CCC(CC)c1cc(CNC(=NC)NCc2ccc3c(c2)OCO3)on1.I. The summed E-state index contributed by atoms with van der Waals surface area (Å²) in [6, 6.07) is 7.92. The van der Waals surface area contributed by atoms with Crippen molar-refractivity contribution >= 4 is 29.9 Å². The van der Waals surface area contributed by atoms with Crippen LogP contribution in [0.25, 0.3) is 0 Å². The minimum absolute atomic E-state index is 0. The van der Waals surface area contributed by atoms with E-state index in [0.29, 0.717) is 25.0 Å². The molecule has 1 aromatic carbocycles. The Morgan fingerprint density at radius 3 is 2.59 bits per heavy atom. The van der Waals surface area contributed by atoms with Crippen molar-refractivity contribution in [1.29, 1.82) is 0 Å². The van der Waals surface area contributed by atoms with E-state index in [9.17, 15) is 0 Å². The van der Waals surface area contributed by atoms with Gasteiger partial charge >= 0.3 is 0 Å². The number of aliphatic imine (C=N–C) groups is 1. The van der Waals surface area contributed by atoms with Crippen LogP contribution in [0.15, 0.2) is 33.8 Å². The topological polar surface area (TPSA) is 80.9 Å². The maximum Gasteiger partial charge on any atom is 0.231 e. The van der Waals surface area contributed by atoms with E-state index < -0.39 is 0 Å². The van der Waals surface area contributed by atoms with Crippen molar-refractivity contribution < 1.29 is 14.0 Å². The molecule has 0 unspecified atom stereocenters. The number of hydrogen-bond acceptors (Lipinski definition) is 5. The van der Waals surface area contributed by atoms with Crippen molar-refractivity contribution in [3.63, 3.8) is 0 Å². The van der Waals surface area contributed by atoms with E-state index in [2.05, 4.69) is 34.6 Å². The Labute approximate surface area is 176 Å². The number of benzene rings is 1. The van der Waals surface area contributed by atoms with Crippen LogP contribution < -0.4 is 20.1 Å². The number of ether oxygens (including phenoxy) is 2. The van der Waals surface area contributed by atoms with Crippen LogP contribution in [0.3, 0.4) is 0 Å². The second-order valence-electron chi connectivity index (χ2n) is 6.20. The zero-order valence-corrected chi connectivity index (χ0v) is 18.3. The molecular weight excluding hydrogens is 459 g/mol. The minimum atomic E-state index is 0. The molecule has 0 bridgehead atoms. The molecule has 3 rings (SSSR count). The maximum absolute atomic E-state index is 5.43. The number of hydrogen-bond donors (Lipinski definition) is 2. The summed E-state index contributed by atoms with van der Waals surface area (Å²) in [4.78, 5) is 4.24. The van der Waals surface area contributed by atoms with Gasteiger partial charge in [-0.2, -0.15) is 0 Å². The van der Waals surface area contributed by atoms with Crippen molar-refractivity contribution in [1.82, 2.24) is 15.8 Å². The lowest BCUT2D eigenvalue weighted by atomic mass is 9.99. The van der Waals surface area contributed by atoms with Crippen LogP contribution in [-0.4, -0.2) is 25.0 Å². The van der Waals surface area contributed by atoms with Crippen molar-refractivity contribution in [2.24, 2.45) is 4.99 Å². The average molecular weight is 486 g/mol. The zero-order chi connectivity index (χ0) is 18.4. The number of nitrogens with zero attached hydrogens (tertiary/aromatic N) is 2. The van der Waals surface area contributed by atoms with Gasteiger partial charge in [-0.1, -0.05) is 25.1 Å². The molecule has 0 amide bonds. The zero-order valence-electron chi connectivity index (χ0n) is 15.9. The molecule has 8 heteroatoms. The highest BCUT2D eigenvalue weighted by atomic mass is 127. The third-order valence-corrected chi connectivity index (χ3v) is 4.53. The third-order valence-electron chi connectivity index (χ3n) is 4.53. The first kappa shape index (κ1) is 21.3. The molecule has 0 radical (unpaired) electrons. The molecule has 0 aliphatic carbocycles. The fourth-order valence-electron chi connectivity index (χ4n) is 2.94. The molecule has 0 saturated heterocycles. The summed E-state index contributed by atoms with van der Waals surface area (Å²) in [5, 5.41) is 10.7. The Kier molecular flexibility index (Phi) is 8.21. The van der Waals surface area contributed by atoms with E-state index in [-0.39, 0.29) is 30.8 Å². The smallest absolute Gasteiger partial charge is 0.231 e. The maximum atomic E-state index is 5.43. The molecule has 0 fully saturated rings. The van der Waals surface area contributed by atoms with Crippen LogP contribution >= 0.6 is 24.0 Å². The summed E-state index contributed by atoms with van der Waals surface area (Å²) in [7, 11) is 1.74. The van der Waals surface area contributed by atoms with Crippen LogP contribution in [0.4, 0.5) is 0 Å². The molecule has 2 aromatic rings. The number of aromatic nitrogens is 1. The largest absolute Gasteiger partial charge is 0.454 e. The van der Waals surface area contributed by atoms with E-state index in [1.54, 1.807) is 7.05 Å². The molecule has 2 heterocycles. The lowest BCUT2D eigenvalue weighted by Gasteiger charge is -2.11. The summed E-state index contributed by atoms with van der Waals surface area (Å²) in [5.74, 6) is 3.52. The standard InChI is InChI=1S/C19H26N4O3.HI/c1-4-14(5-2)16-9-15(26-23-16)11-22-19(20-3)21-10-13-6-7-17-18(8-13)25-12-24-17;/h6-9,14H,4-5,10-12H2,1-3H3,(H2,20,21,22);1H. The van der Waals surface area contributed by atoms with E-state index >= 15 is 0 Å². The van der Waals surface area contributed by atoms with Gasteiger partial charge in [0.05, 0.1) is 12.2 Å². The first-order chi connectivity index (χ1) is 12.7. The molecular formula is C19H27IN4O3. The fraction of sp³-hybridized carbons (Fsp3) is 0.474. The van der Waals surface area contributed by atoms with Gasteiger partial charge in [0.2, 0.25) is 6.79 Å². The summed E-state index contributed by atoms with van der Waals surface area (Å²) in [6.45, 7) is 5.79. The Morgan fingerprint density at radius 1 is 1.11 bits per heavy atom. The predicted molar refractivity (Wildman–Crippen MR) is 115 cm³/mol. The molecule has 0 atom stereocenters. The molecule has 1 aliphatic heterocycles. The first-order valence-electron chi connectivity index (χ1n) is 9.02. The van der Waals surface area contributed by atoms with Gasteiger partial charge in [-0.15, -0.1) is 24.0 Å². The average Bonchev–Trinajstić information content (AvgIpc) is 3.32. The first-order valence-corrected chi connectivity index (χ1v) is 9.02. The van der Waals surface area contributed by atoms with Crippen LogP contribution in [0.1, 0.15) is 49.6 Å². The van der Waals surface area contributed by atoms with E-state index in [1.165, 1.54) is 0 Å². The number of guanidine groups is 1. The molecule has 27 heavy (non-hydrogen) atoms. The fourth-order valence-corrected chi connectivity index (χ4v) is 2.94. The highest BCUT2D eigenvalue weighted by Crippen LogP contribution is 2.32. The van der Waals surface area contributed by atoms with Gasteiger partial charge in [0.1, 0.15) is 0 Å². The second-order valence-corrected chi connectivity index (χ2v) is 6.20. The Hall–Kier alpha value is -1.97. The van der Waals surface area contributed by atoms with Gasteiger partial charge < -0.3 is 24.6 Å². The third kappa shape index (κ3) is 5.50. The molecule has 0 saturated carbocycles. The Bertz CT molecular complexity index is 759. The molecule has 1 aliphatic rings. The van der Waals surface area contributed by atoms with Crippen molar-refractivity contribution in [3.05, 3.63) is 41.3 Å². The van der Waals surface area contributed by atoms with Crippen LogP contribution in [0, 0.1) is 0 Å². The van der Waals surface area contributed by atoms with E-state index in [0.717, 1.165) is 41.4 Å². The number of rotatable bonds is 7. The number of halogens is 1. The summed E-state index contributed by atoms with van der Waals surface area (Å²) < 4.78 is 16.2. The Morgan fingerprint density at radius 2 is 1.85 bits per heavy atom. The quantitative estimate of drug-likeness (QED) is 0.352. The number of fused-ring (bicyclic) bond motifs is 1. The number of nitrogens with one attached hydrogen (secondary N) is 2.